The van der Waals surface area contributed by atoms with Crippen LogP contribution in [0, 0.1) is 5.41 Å². The Balaban J connectivity index is 1.83. The number of aromatic nitrogens is 2. The van der Waals surface area contributed by atoms with E-state index < -0.39 is 0 Å². The Morgan fingerprint density at radius 2 is 1.31 bits per heavy atom. The Morgan fingerprint density at radius 1 is 0.806 bits per heavy atom. The van der Waals surface area contributed by atoms with Crippen molar-refractivity contribution < 1.29 is 9.84 Å². The first-order valence-electron chi connectivity index (χ1n) is 12.6. The van der Waals surface area contributed by atoms with E-state index in [4.69, 9.17) is 10.1 Å². The molecule has 5 heteroatoms. The van der Waals surface area contributed by atoms with Crippen LogP contribution in [-0.4, -0.2) is 21.4 Å². The van der Waals surface area contributed by atoms with E-state index in [1.54, 1.807) is 7.11 Å². The van der Waals surface area contributed by atoms with Crippen LogP contribution in [0.3, 0.4) is 0 Å². The van der Waals surface area contributed by atoms with Crippen LogP contribution in [-0.2, 0) is 28.7 Å². The van der Waals surface area contributed by atoms with Gasteiger partial charge in [-0.2, -0.15) is 0 Å². The highest BCUT2D eigenvalue weighted by Crippen LogP contribution is 2.41. The molecule has 1 aromatic heterocycles. The fraction of sp³-hybridized carbons (Fsp3) is 0.387. The van der Waals surface area contributed by atoms with E-state index in [0.29, 0.717) is 24.5 Å². The second kappa shape index (κ2) is 9.62. The van der Waals surface area contributed by atoms with Gasteiger partial charge in [-0.25, -0.2) is 0 Å². The summed E-state index contributed by atoms with van der Waals surface area (Å²) in [4.78, 5) is 0. The summed E-state index contributed by atoms with van der Waals surface area (Å²) in [7, 11) is 1.72. The molecular weight excluding hydrogens is 446 g/mol. The molecule has 4 rings (SSSR count). The highest BCUT2D eigenvalue weighted by molar-refractivity contribution is 5.76. The zero-order chi connectivity index (χ0) is 26.3. The summed E-state index contributed by atoms with van der Waals surface area (Å²) in [6.07, 6.45) is -0.280. The van der Waals surface area contributed by atoms with Gasteiger partial charge < -0.3 is 19.0 Å². The predicted octanol–water partition coefficient (Wildman–Crippen LogP) is 6.66. The lowest BCUT2D eigenvalue weighted by atomic mass is 9.78. The molecule has 0 fully saturated rings. The molecule has 0 aliphatic heterocycles. The van der Waals surface area contributed by atoms with Gasteiger partial charge in [-0.3, -0.25) is 5.41 Å². The van der Waals surface area contributed by atoms with Crippen molar-refractivity contribution in [2.75, 3.05) is 7.11 Å². The smallest absolute Gasteiger partial charge is 0.203 e. The molecular formula is C31H39N3O2. The lowest BCUT2D eigenvalue weighted by Gasteiger charge is -2.30. The molecule has 0 spiro atoms. The van der Waals surface area contributed by atoms with E-state index in [2.05, 4.69) is 82.5 Å². The molecule has 0 radical (unpaired) electrons. The number of benzene rings is 3. The van der Waals surface area contributed by atoms with Gasteiger partial charge >= 0.3 is 0 Å². The number of hydrogen-bond donors (Lipinski definition) is 2. The quantitative estimate of drug-likeness (QED) is 0.321. The number of phenols is 1. The average Bonchev–Trinajstić information content (AvgIpc) is 3.07. The van der Waals surface area contributed by atoms with Crippen molar-refractivity contribution in [1.29, 1.82) is 5.41 Å². The Bertz CT molecular complexity index is 1380. The largest absolute Gasteiger partial charge is 0.507 e. The fourth-order valence-corrected chi connectivity index (χ4v) is 4.87. The Labute approximate surface area is 214 Å². The van der Waals surface area contributed by atoms with Crippen LogP contribution < -0.4 is 5.62 Å². The van der Waals surface area contributed by atoms with Gasteiger partial charge in [0.15, 0.2) is 0 Å². The molecule has 5 nitrogen and oxygen atoms in total. The van der Waals surface area contributed by atoms with Crippen molar-refractivity contribution in [2.24, 2.45) is 0 Å². The summed E-state index contributed by atoms with van der Waals surface area (Å²) in [6.45, 7) is 13.8. The minimum Gasteiger partial charge on any atom is -0.507 e. The van der Waals surface area contributed by atoms with Gasteiger partial charge in [0.25, 0.3) is 0 Å². The lowest BCUT2D eigenvalue weighted by molar-refractivity contribution is 0.0872. The number of aromatic hydroxyl groups is 1. The van der Waals surface area contributed by atoms with E-state index in [9.17, 15) is 5.11 Å². The number of ether oxygens (including phenoxy) is 1. The Morgan fingerprint density at radius 3 is 1.81 bits per heavy atom. The molecule has 1 heterocycles. The van der Waals surface area contributed by atoms with Crippen LogP contribution in [0.2, 0.25) is 0 Å². The van der Waals surface area contributed by atoms with Crippen LogP contribution in [0.25, 0.3) is 11.0 Å². The molecule has 1 atom stereocenters. The van der Waals surface area contributed by atoms with Crippen molar-refractivity contribution in [3.05, 3.63) is 94.6 Å². The van der Waals surface area contributed by atoms with E-state index in [0.717, 1.165) is 33.3 Å². The maximum atomic E-state index is 11.2. The molecule has 190 valence electrons. The van der Waals surface area contributed by atoms with Gasteiger partial charge in [0.1, 0.15) is 11.9 Å². The minimum absolute atomic E-state index is 0.224. The number of imidazole rings is 1. The Hall–Kier alpha value is -3.31. The number of methoxy groups -OCH3 is 1. The second-order valence-electron chi connectivity index (χ2n) is 11.7. The first-order valence-corrected chi connectivity index (χ1v) is 12.6. The fourth-order valence-electron chi connectivity index (χ4n) is 4.87. The van der Waals surface area contributed by atoms with Crippen molar-refractivity contribution >= 4 is 11.0 Å². The maximum absolute atomic E-state index is 11.2. The standard InChI is InChI=1S/C31H39N3O2/c1-30(2,3)23-17-22(18-24(28(23)35)31(4,5)6)27(36-7)20-34-26-16-12-11-15-25(26)33(29(34)32)19-21-13-9-8-10-14-21/h8-18,27,32,35H,19-20H2,1-7H3. The lowest BCUT2D eigenvalue weighted by Crippen LogP contribution is -2.28. The highest BCUT2D eigenvalue weighted by Gasteiger charge is 2.28. The number of fused-ring (bicyclic) bond motifs is 1. The third-order valence-corrected chi connectivity index (χ3v) is 6.91. The van der Waals surface area contributed by atoms with E-state index >= 15 is 0 Å². The zero-order valence-electron chi connectivity index (χ0n) is 22.6. The summed E-state index contributed by atoms with van der Waals surface area (Å²) in [5, 5.41) is 20.3. The third-order valence-electron chi connectivity index (χ3n) is 6.91. The molecule has 3 aromatic carbocycles. The Kier molecular flexibility index (Phi) is 6.89. The second-order valence-corrected chi connectivity index (χ2v) is 11.7. The van der Waals surface area contributed by atoms with Crippen molar-refractivity contribution in [2.45, 2.75) is 71.6 Å². The summed E-state index contributed by atoms with van der Waals surface area (Å²) < 4.78 is 10.1. The molecule has 0 saturated heterocycles. The highest BCUT2D eigenvalue weighted by atomic mass is 16.5. The summed E-state index contributed by atoms with van der Waals surface area (Å²) in [6, 6.07) is 22.6. The number of phenolic OH excluding ortho intramolecular Hbond substituents is 1. The van der Waals surface area contributed by atoms with Crippen LogP contribution >= 0.6 is 0 Å². The molecule has 36 heavy (non-hydrogen) atoms. The average molecular weight is 486 g/mol. The summed E-state index contributed by atoms with van der Waals surface area (Å²) >= 11 is 0. The topological polar surface area (TPSA) is 63.2 Å². The molecule has 0 aliphatic rings. The normalized spacial score (nSPS) is 13.3. The summed E-state index contributed by atoms with van der Waals surface area (Å²) in [5.41, 5.74) is 6.01. The molecule has 0 saturated carbocycles. The SMILES string of the molecule is COC(Cn1c(=N)n(Cc2ccccc2)c2ccccc21)c1cc(C(C)(C)C)c(O)c(C(C)(C)C)c1. The molecule has 0 amide bonds. The van der Waals surface area contributed by atoms with Gasteiger partial charge in [-0.15, -0.1) is 0 Å². The summed E-state index contributed by atoms with van der Waals surface area (Å²) in [5.74, 6) is 0.363. The van der Waals surface area contributed by atoms with Crippen LogP contribution in [0.15, 0.2) is 66.7 Å². The number of nitrogens with zero attached hydrogens (tertiary/aromatic N) is 2. The van der Waals surface area contributed by atoms with Gasteiger partial charge in [0, 0.05) is 7.11 Å². The first-order chi connectivity index (χ1) is 16.9. The van der Waals surface area contributed by atoms with Crippen LogP contribution in [0.1, 0.15) is 69.9 Å². The zero-order valence-corrected chi connectivity index (χ0v) is 22.6. The van der Waals surface area contributed by atoms with Gasteiger partial charge in [-0.1, -0.05) is 84.0 Å². The number of rotatable bonds is 6. The van der Waals surface area contributed by atoms with Crippen molar-refractivity contribution in [3.8, 4) is 5.75 Å². The van der Waals surface area contributed by atoms with Gasteiger partial charge in [0.2, 0.25) is 5.62 Å². The van der Waals surface area contributed by atoms with Gasteiger partial charge in [-0.05, 0) is 57.3 Å². The molecule has 2 N–H and O–H groups in total. The number of para-hydroxylation sites is 2. The maximum Gasteiger partial charge on any atom is 0.203 e. The van der Waals surface area contributed by atoms with Gasteiger partial charge in [0.05, 0.1) is 24.1 Å². The van der Waals surface area contributed by atoms with Crippen LogP contribution in [0.4, 0.5) is 0 Å². The van der Waals surface area contributed by atoms with E-state index in [-0.39, 0.29) is 16.9 Å². The predicted molar refractivity (Wildman–Crippen MR) is 147 cm³/mol. The molecule has 4 aromatic rings. The first kappa shape index (κ1) is 25.8. The molecule has 0 bridgehead atoms. The van der Waals surface area contributed by atoms with Crippen LogP contribution in [0.5, 0.6) is 5.75 Å². The number of nitrogens with one attached hydrogen (secondary N) is 1. The third kappa shape index (κ3) is 4.98. The minimum atomic E-state index is -0.280. The molecule has 1 unspecified atom stereocenters. The molecule has 0 aliphatic carbocycles. The monoisotopic (exact) mass is 485 g/mol. The van der Waals surface area contributed by atoms with Crippen molar-refractivity contribution in [1.82, 2.24) is 9.13 Å². The number of hydrogen-bond acceptors (Lipinski definition) is 3. The van der Waals surface area contributed by atoms with Crippen molar-refractivity contribution in [3.63, 3.8) is 0 Å². The van der Waals surface area contributed by atoms with E-state index in [1.165, 1.54) is 0 Å². The van der Waals surface area contributed by atoms with E-state index in [1.807, 2.05) is 34.9 Å².